The lowest BCUT2D eigenvalue weighted by molar-refractivity contribution is 0.370. The first-order valence-electron chi connectivity index (χ1n) is 6.72. The van der Waals surface area contributed by atoms with Gasteiger partial charge in [0.05, 0.1) is 0 Å². The van der Waals surface area contributed by atoms with Crippen LogP contribution in [0.1, 0.15) is 51.1 Å². The van der Waals surface area contributed by atoms with Crippen LogP contribution in [0.3, 0.4) is 0 Å². The summed E-state index contributed by atoms with van der Waals surface area (Å²) in [6.07, 6.45) is 5.26. The molecule has 1 aliphatic carbocycles. The fourth-order valence-corrected chi connectivity index (χ4v) is 3.24. The molecule has 0 aliphatic heterocycles. The molecule has 94 valence electrons. The smallest absolute Gasteiger partial charge is 0.0320 e. The van der Waals surface area contributed by atoms with Crippen LogP contribution in [0, 0.1) is 5.92 Å². The van der Waals surface area contributed by atoms with E-state index < -0.39 is 0 Å². The van der Waals surface area contributed by atoms with Gasteiger partial charge in [-0.3, -0.25) is 0 Å². The van der Waals surface area contributed by atoms with Crippen LogP contribution in [-0.2, 0) is 0 Å². The summed E-state index contributed by atoms with van der Waals surface area (Å²) in [7, 11) is 0. The maximum atomic E-state index is 3.84. The third-order valence-electron chi connectivity index (χ3n) is 3.94. The first-order chi connectivity index (χ1) is 8.20. The van der Waals surface area contributed by atoms with E-state index in [0.29, 0.717) is 12.1 Å². The molecule has 1 nitrogen and oxygen atoms in total. The fraction of sp³-hybridized carbons (Fsp3) is 0.600. The zero-order valence-electron chi connectivity index (χ0n) is 10.7. The Hall–Kier alpha value is -0.340. The average Bonchev–Trinajstić information content (AvgIpc) is 2.71. The Bertz CT molecular complexity index is 364. The van der Waals surface area contributed by atoms with Gasteiger partial charge >= 0.3 is 0 Å². The highest BCUT2D eigenvalue weighted by Crippen LogP contribution is 2.29. The minimum absolute atomic E-state index is 0.498. The predicted octanol–water partition coefficient (Wildman–Crippen LogP) is 4.68. The number of halogens is 1. The van der Waals surface area contributed by atoms with E-state index in [4.69, 9.17) is 0 Å². The van der Waals surface area contributed by atoms with E-state index >= 15 is 0 Å². The van der Waals surface area contributed by atoms with E-state index in [1.54, 1.807) is 0 Å². The molecule has 3 atom stereocenters. The number of rotatable bonds is 4. The number of hydrogen-bond acceptors (Lipinski definition) is 1. The Morgan fingerprint density at radius 2 is 2.24 bits per heavy atom. The average molecular weight is 296 g/mol. The molecule has 1 saturated carbocycles. The summed E-state index contributed by atoms with van der Waals surface area (Å²) in [4.78, 5) is 0. The SMILES string of the molecule is CCC(NC1CCCC1C)c1cccc(Br)c1. The Morgan fingerprint density at radius 3 is 2.82 bits per heavy atom. The van der Waals surface area contributed by atoms with Crippen molar-refractivity contribution in [1.82, 2.24) is 5.32 Å². The number of hydrogen-bond donors (Lipinski definition) is 1. The van der Waals surface area contributed by atoms with Gasteiger partial charge in [0.25, 0.3) is 0 Å². The highest BCUT2D eigenvalue weighted by atomic mass is 79.9. The predicted molar refractivity (Wildman–Crippen MR) is 77.1 cm³/mol. The quantitative estimate of drug-likeness (QED) is 0.850. The van der Waals surface area contributed by atoms with Crippen molar-refractivity contribution in [1.29, 1.82) is 0 Å². The van der Waals surface area contributed by atoms with Crippen LogP contribution in [0.15, 0.2) is 28.7 Å². The Balaban J connectivity index is 2.06. The monoisotopic (exact) mass is 295 g/mol. The Labute approximate surface area is 113 Å². The molecule has 3 unspecified atom stereocenters. The van der Waals surface area contributed by atoms with Crippen molar-refractivity contribution >= 4 is 15.9 Å². The summed E-state index contributed by atoms with van der Waals surface area (Å²) in [5, 5.41) is 3.84. The summed E-state index contributed by atoms with van der Waals surface area (Å²) >= 11 is 3.56. The lowest BCUT2D eigenvalue weighted by Gasteiger charge is -2.25. The maximum absolute atomic E-state index is 3.84. The molecule has 2 heteroatoms. The standard InChI is InChI=1S/C15H22BrN/c1-3-14(12-7-5-8-13(16)10-12)17-15-9-4-6-11(15)2/h5,7-8,10-11,14-15,17H,3-4,6,9H2,1-2H3. The molecule has 0 amide bonds. The topological polar surface area (TPSA) is 12.0 Å². The van der Waals surface area contributed by atoms with Crippen LogP contribution >= 0.6 is 15.9 Å². The van der Waals surface area contributed by atoms with Crippen LogP contribution in [0.25, 0.3) is 0 Å². The molecule has 1 N–H and O–H groups in total. The Morgan fingerprint density at radius 1 is 1.41 bits per heavy atom. The molecule has 0 aromatic heterocycles. The Kier molecular flexibility index (Phi) is 4.63. The van der Waals surface area contributed by atoms with Crippen molar-refractivity contribution in [2.24, 2.45) is 5.92 Å². The van der Waals surface area contributed by atoms with Gasteiger partial charge < -0.3 is 5.32 Å². The van der Waals surface area contributed by atoms with Gasteiger partial charge in [0.1, 0.15) is 0 Å². The van der Waals surface area contributed by atoms with Crippen molar-refractivity contribution in [2.45, 2.75) is 51.6 Å². The highest BCUT2D eigenvalue weighted by molar-refractivity contribution is 9.10. The van der Waals surface area contributed by atoms with Gasteiger partial charge in [-0.15, -0.1) is 0 Å². The second kappa shape index (κ2) is 6.01. The zero-order valence-corrected chi connectivity index (χ0v) is 12.3. The molecule has 2 rings (SSSR count). The van der Waals surface area contributed by atoms with Gasteiger partial charge in [0.15, 0.2) is 0 Å². The maximum Gasteiger partial charge on any atom is 0.0320 e. The van der Waals surface area contributed by atoms with Crippen molar-refractivity contribution in [2.75, 3.05) is 0 Å². The van der Waals surface area contributed by atoms with Gasteiger partial charge in [0.2, 0.25) is 0 Å². The first-order valence-corrected chi connectivity index (χ1v) is 7.51. The molecule has 1 aromatic carbocycles. The van der Waals surface area contributed by atoms with E-state index in [1.165, 1.54) is 29.3 Å². The zero-order chi connectivity index (χ0) is 12.3. The molecule has 0 spiro atoms. The molecule has 0 saturated heterocycles. The minimum atomic E-state index is 0.498. The van der Waals surface area contributed by atoms with Gasteiger partial charge in [-0.05, 0) is 42.9 Å². The summed E-state index contributed by atoms with van der Waals surface area (Å²) in [5.74, 6) is 0.830. The second-order valence-corrected chi connectivity index (χ2v) is 6.11. The lowest BCUT2D eigenvalue weighted by atomic mass is 10.0. The van der Waals surface area contributed by atoms with E-state index in [-0.39, 0.29) is 0 Å². The molecule has 0 radical (unpaired) electrons. The van der Waals surface area contributed by atoms with Crippen LogP contribution in [0.4, 0.5) is 0 Å². The van der Waals surface area contributed by atoms with Gasteiger partial charge in [-0.1, -0.05) is 48.3 Å². The van der Waals surface area contributed by atoms with Crippen molar-refractivity contribution in [3.8, 4) is 0 Å². The molecule has 0 heterocycles. The summed E-state index contributed by atoms with van der Waals surface area (Å²) in [6, 6.07) is 9.89. The molecule has 1 aromatic rings. The van der Waals surface area contributed by atoms with Crippen LogP contribution in [-0.4, -0.2) is 6.04 Å². The van der Waals surface area contributed by atoms with E-state index in [9.17, 15) is 0 Å². The van der Waals surface area contributed by atoms with Crippen molar-refractivity contribution < 1.29 is 0 Å². The third kappa shape index (κ3) is 3.32. The summed E-state index contributed by atoms with van der Waals surface area (Å²) in [5.41, 5.74) is 1.40. The number of benzene rings is 1. The van der Waals surface area contributed by atoms with Crippen LogP contribution < -0.4 is 5.32 Å². The largest absolute Gasteiger partial charge is 0.307 e. The molecular formula is C15H22BrN. The summed E-state index contributed by atoms with van der Waals surface area (Å²) in [6.45, 7) is 4.64. The first kappa shape index (κ1) is 13.1. The molecule has 0 bridgehead atoms. The van der Waals surface area contributed by atoms with Crippen molar-refractivity contribution in [3.63, 3.8) is 0 Å². The van der Waals surface area contributed by atoms with E-state index in [2.05, 4.69) is 59.4 Å². The number of nitrogens with one attached hydrogen (secondary N) is 1. The minimum Gasteiger partial charge on any atom is -0.307 e. The molecular weight excluding hydrogens is 274 g/mol. The molecule has 1 aliphatic rings. The van der Waals surface area contributed by atoms with Gasteiger partial charge in [-0.2, -0.15) is 0 Å². The fourth-order valence-electron chi connectivity index (χ4n) is 2.82. The van der Waals surface area contributed by atoms with Gasteiger partial charge in [0, 0.05) is 16.6 Å². The van der Waals surface area contributed by atoms with Crippen LogP contribution in [0.5, 0.6) is 0 Å². The second-order valence-electron chi connectivity index (χ2n) is 5.20. The van der Waals surface area contributed by atoms with Gasteiger partial charge in [-0.25, -0.2) is 0 Å². The van der Waals surface area contributed by atoms with Crippen LogP contribution in [0.2, 0.25) is 0 Å². The third-order valence-corrected chi connectivity index (χ3v) is 4.43. The molecule has 17 heavy (non-hydrogen) atoms. The lowest BCUT2D eigenvalue weighted by Crippen LogP contribution is -2.34. The molecule has 1 fully saturated rings. The highest BCUT2D eigenvalue weighted by Gasteiger charge is 2.25. The normalized spacial score (nSPS) is 26.1. The summed E-state index contributed by atoms with van der Waals surface area (Å²) < 4.78 is 1.18. The van der Waals surface area contributed by atoms with Crippen molar-refractivity contribution in [3.05, 3.63) is 34.3 Å². The van der Waals surface area contributed by atoms with E-state index in [0.717, 1.165) is 12.3 Å². The van der Waals surface area contributed by atoms with E-state index in [1.807, 2.05) is 0 Å².